The van der Waals surface area contributed by atoms with Gasteiger partial charge < -0.3 is 15.2 Å². The van der Waals surface area contributed by atoms with E-state index in [1.165, 1.54) is 10.9 Å². The van der Waals surface area contributed by atoms with Gasteiger partial charge in [0.1, 0.15) is 6.04 Å². The van der Waals surface area contributed by atoms with Crippen LogP contribution >= 0.6 is 11.6 Å². The molecule has 3 aliphatic rings. The molecule has 1 saturated carbocycles. The third-order valence-corrected chi connectivity index (χ3v) is 8.45. The maximum Gasteiger partial charge on any atom is 0.272 e. The maximum atomic E-state index is 13.5. The Bertz CT molecular complexity index is 1310. The van der Waals surface area contributed by atoms with Gasteiger partial charge in [0.2, 0.25) is 5.95 Å². The molecule has 0 bridgehead atoms. The molecule has 0 radical (unpaired) electrons. The number of likely N-dealkylation sites (tertiary alicyclic amines) is 1. The van der Waals surface area contributed by atoms with Crippen molar-refractivity contribution in [2.75, 3.05) is 31.6 Å². The number of nitrogens with zero attached hydrogens (tertiary/aromatic N) is 5. The topological polar surface area (TPSA) is 88.3 Å². The van der Waals surface area contributed by atoms with Crippen LogP contribution in [0.1, 0.15) is 49.4 Å². The second-order valence-corrected chi connectivity index (χ2v) is 10.9. The van der Waals surface area contributed by atoms with E-state index >= 15 is 0 Å². The highest BCUT2D eigenvalue weighted by Gasteiger charge is 2.59. The molecule has 2 aliphatic heterocycles. The summed E-state index contributed by atoms with van der Waals surface area (Å²) in [6.07, 6.45) is 4.43. The van der Waals surface area contributed by atoms with Gasteiger partial charge in [-0.25, -0.2) is 18.7 Å². The summed E-state index contributed by atoms with van der Waals surface area (Å²) in [5, 5.41) is 19.2. The van der Waals surface area contributed by atoms with Crippen LogP contribution in [0.2, 0.25) is 5.02 Å². The zero-order valence-corrected chi connectivity index (χ0v) is 21.0. The SMILES string of the molecule is Cc1c(Nc2ncc3cc(Cl)c(C4CCN(C5(C)COCC5O)CC4)cc3n2)cnn1C1CC1(F)F. The first-order valence-corrected chi connectivity index (χ1v) is 12.7. The van der Waals surface area contributed by atoms with Gasteiger partial charge in [-0.1, -0.05) is 11.6 Å². The Morgan fingerprint density at radius 3 is 2.64 bits per heavy atom. The van der Waals surface area contributed by atoms with E-state index in [9.17, 15) is 13.9 Å². The summed E-state index contributed by atoms with van der Waals surface area (Å²) in [5.41, 5.74) is 2.70. The van der Waals surface area contributed by atoms with Crippen LogP contribution in [0.3, 0.4) is 0 Å². The summed E-state index contributed by atoms with van der Waals surface area (Å²) in [4.78, 5) is 11.4. The number of nitrogens with one attached hydrogen (secondary N) is 1. The number of hydrogen-bond donors (Lipinski definition) is 2. The predicted octanol–water partition coefficient (Wildman–Crippen LogP) is 4.44. The smallest absolute Gasteiger partial charge is 0.272 e. The second kappa shape index (κ2) is 8.58. The number of ether oxygens (including phenoxy) is 1. The number of hydrogen-bond acceptors (Lipinski definition) is 7. The van der Waals surface area contributed by atoms with Crippen LogP contribution in [0.25, 0.3) is 10.9 Å². The van der Waals surface area contributed by atoms with E-state index in [2.05, 4.69) is 32.2 Å². The Morgan fingerprint density at radius 1 is 1.22 bits per heavy atom. The zero-order chi connectivity index (χ0) is 25.2. The lowest BCUT2D eigenvalue weighted by atomic mass is 9.85. The van der Waals surface area contributed by atoms with Crippen LogP contribution < -0.4 is 5.32 Å². The zero-order valence-electron chi connectivity index (χ0n) is 20.2. The first-order chi connectivity index (χ1) is 17.2. The summed E-state index contributed by atoms with van der Waals surface area (Å²) < 4.78 is 33.9. The number of anilines is 2. The molecule has 6 rings (SSSR count). The lowest BCUT2D eigenvalue weighted by Gasteiger charge is -2.43. The number of rotatable bonds is 5. The predicted molar refractivity (Wildman–Crippen MR) is 132 cm³/mol. The minimum atomic E-state index is -2.69. The van der Waals surface area contributed by atoms with Gasteiger partial charge in [0.05, 0.1) is 48.0 Å². The summed E-state index contributed by atoms with van der Waals surface area (Å²) in [7, 11) is 0. The van der Waals surface area contributed by atoms with Gasteiger partial charge in [-0.2, -0.15) is 5.10 Å². The molecule has 0 spiro atoms. The normalized spacial score (nSPS) is 28.6. The maximum absolute atomic E-state index is 13.5. The third kappa shape index (κ3) is 4.04. The van der Waals surface area contributed by atoms with Crippen molar-refractivity contribution < 1.29 is 18.6 Å². The molecular formula is C25H29ClF2N6O2. The fourth-order valence-electron chi connectivity index (χ4n) is 5.54. The van der Waals surface area contributed by atoms with Crippen LogP contribution in [-0.4, -0.2) is 73.6 Å². The number of fused-ring (bicyclic) bond motifs is 1. The molecule has 3 fully saturated rings. The van der Waals surface area contributed by atoms with Gasteiger partial charge in [-0.3, -0.25) is 9.58 Å². The fourth-order valence-corrected chi connectivity index (χ4v) is 5.87. The molecule has 2 N–H and O–H groups in total. The van der Waals surface area contributed by atoms with Crippen LogP contribution in [-0.2, 0) is 4.74 Å². The lowest BCUT2D eigenvalue weighted by Crippen LogP contribution is -2.56. The number of aliphatic hydroxyl groups excluding tert-OH is 1. The lowest BCUT2D eigenvalue weighted by molar-refractivity contribution is -0.00211. The van der Waals surface area contributed by atoms with E-state index in [4.69, 9.17) is 16.3 Å². The van der Waals surface area contributed by atoms with Crippen LogP contribution in [0, 0.1) is 6.92 Å². The molecule has 1 aromatic carbocycles. The molecule has 2 saturated heterocycles. The van der Waals surface area contributed by atoms with E-state index in [-0.39, 0.29) is 17.9 Å². The number of halogens is 3. The van der Waals surface area contributed by atoms with Gasteiger partial charge in [-0.15, -0.1) is 0 Å². The molecule has 4 heterocycles. The largest absolute Gasteiger partial charge is 0.389 e. The van der Waals surface area contributed by atoms with Crippen LogP contribution in [0.15, 0.2) is 24.5 Å². The first-order valence-electron chi connectivity index (χ1n) is 12.3. The van der Waals surface area contributed by atoms with Crippen molar-refractivity contribution in [3.8, 4) is 0 Å². The average molecular weight is 519 g/mol. The molecule has 2 aromatic heterocycles. The van der Waals surface area contributed by atoms with Crippen LogP contribution in [0.5, 0.6) is 0 Å². The molecule has 0 amide bonds. The van der Waals surface area contributed by atoms with E-state index in [0.29, 0.717) is 35.6 Å². The van der Waals surface area contributed by atoms with E-state index in [0.717, 1.165) is 42.4 Å². The number of piperidine rings is 1. The van der Waals surface area contributed by atoms with Crippen molar-refractivity contribution in [1.82, 2.24) is 24.6 Å². The van der Waals surface area contributed by atoms with Crippen molar-refractivity contribution in [3.05, 3.63) is 40.8 Å². The number of aromatic nitrogens is 4. The Balaban J connectivity index is 1.20. The highest BCUT2D eigenvalue weighted by molar-refractivity contribution is 6.32. The first kappa shape index (κ1) is 24.0. The molecule has 11 heteroatoms. The van der Waals surface area contributed by atoms with Crippen LogP contribution in [0.4, 0.5) is 20.4 Å². The Labute approximate surface area is 212 Å². The number of benzene rings is 1. The van der Waals surface area contributed by atoms with Gasteiger partial charge in [0.15, 0.2) is 0 Å². The Morgan fingerprint density at radius 2 is 1.97 bits per heavy atom. The highest BCUT2D eigenvalue weighted by atomic mass is 35.5. The quantitative estimate of drug-likeness (QED) is 0.516. The standard InChI is InChI=1S/C25H29ClF2N6O2/c1-14-20(11-30-34(14)21-9-25(21,27)28)32-23-29-10-16-7-18(26)17(8-19(16)31-23)15-3-5-33(6-4-15)24(2)13-36-12-22(24)35/h7-8,10-11,15,21-22,35H,3-6,9,12-13H2,1-2H3,(H,29,31,32). The minimum Gasteiger partial charge on any atom is -0.389 e. The molecule has 8 nitrogen and oxygen atoms in total. The number of aliphatic hydroxyl groups is 1. The monoisotopic (exact) mass is 518 g/mol. The molecular weight excluding hydrogens is 490 g/mol. The van der Waals surface area contributed by atoms with Crippen molar-refractivity contribution in [1.29, 1.82) is 0 Å². The summed E-state index contributed by atoms with van der Waals surface area (Å²) in [6, 6.07) is 3.05. The second-order valence-electron chi connectivity index (χ2n) is 10.5. The van der Waals surface area contributed by atoms with Crippen molar-refractivity contribution in [3.63, 3.8) is 0 Å². The Hall–Kier alpha value is -2.40. The van der Waals surface area contributed by atoms with Gasteiger partial charge >= 0.3 is 0 Å². The Kier molecular flexibility index (Phi) is 5.71. The number of alkyl halides is 2. The van der Waals surface area contributed by atoms with Gasteiger partial charge in [0, 0.05) is 23.0 Å². The molecule has 3 unspecified atom stereocenters. The van der Waals surface area contributed by atoms with Gasteiger partial charge in [-0.05, 0) is 63.4 Å². The molecule has 36 heavy (non-hydrogen) atoms. The van der Waals surface area contributed by atoms with Crippen molar-refractivity contribution in [2.45, 2.75) is 62.6 Å². The fraction of sp³-hybridized carbons (Fsp3) is 0.560. The van der Waals surface area contributed by atoms with E-state index < -0.39 is 18.1 Å². The van der Waals surface area contributed by atoms with E-state index in [1.807, 2.05) is 12.1 Å². The summed E-state index contributed by atoms with van der Waals surface area (Å²) in [6.45, 7) is 6.47. The molecule has 1 aliphatic carbocycles. The highest BCUT2D eigenvalue weighted by Crippen LogP contribution is 2.53. The van der Waals surface area contributed by atoms with E-state index in [1.54, 1.807) is 13.1 Å². The van der Waals surface area contributed by atoms with Gasteiger partial charge in [0.25, 0.3) is 5.92 Å². The third-order valence-electron chi connectivity index (χ3n) is 8.12. The summed E-state index contributed by atoms with van der Waals surface area (Å²) >= 11 is 6.69. The molecule has 192 valence electrons. The summed E-state index contributed by atoms with van der Waals surface area (Å²) in [5.74, 6) is -2.03. The van der Waals surface area contributed by atoms with Crippen molar-refractivity contribution in [2.24, 2.45) is 0 Å². The molecule has 3 aromatic rings. The van der Waals surface area contributed by atoms with Crippen molar-refractivity contribution >= 4 is 34.1 Å². The molecule has 3 atom stereocenters. The average Bonchev–Trinajstić information content (AvgIpc) is 3.13. The minimum absolute atomic E-state index is 0.183.